The Morgan fingerprint density at radius 2 is 2.00 bits per heavy atom. The van der Waals surface area contributed by atoms with E-state index in [4.69, 9.17) is 5.73 Å². The van der Waals surface area contributed by atoms with Crippen LogP contribution in [0.2, 0.25) is 0 Å². The van der Waals surface area contributed by atoms with Gasteiger partial charge in [-0.25, -0.2) is 4.98 Å². The summed E-state index contributed by atoms with van der Waals surface area (Å²) >= 11 is 3.48. The summed E-state index contributed by atoms with van der Waals surface area (Å²) in [6.45, 7) is 2.06. The molecule has 0 spiro atoms. The Morgan fingerprint density at radius 1 is 1.23 bits per heavy atom. The number of anilines is 1. The monoisotopic (exact) mass is 236 g/mol. The van der Waals surface area contributed by atoms with Crippen molar-refractivity contribution in [3.05, 3.63) is 34.4 Å². The van der Waals surface area contributed by atoms with Gasteiger partial charge in [0.15, 0.2) is 0 Å². The Balaban J connectivity index is 2.94. The third-order valence-electron chi connectivity index (χ3n) is 2.18. The molecule has 0 aliphatic carbocycles. The molecule has 0 amide bonds. The largest absolute Gasteiger partial charge is 0.383 e. The van der Waals surface area contributed by atoms with Gasteiger partial charge in [0.25, 0.3) is 0 Å². The van der Waals surface area contributed by atoms with Gasteiger partial charge < -0.3 is 5.73 Å². The second kappa shape index (κ2) is 3.00. The summed E-state index contributed by atoms with van der Waals surface area (Å²) in [4.78, 5) is 4.04. The number of rotatable bonds is 0. The molecule has 0 fully saturated rings. The molecule has 0 unspecified atom stereocenters. The Kier molecular flexibility index (Phi) is 1.96. The van der Waals surface area contributed by atoms with Crippen LogP contribution in [-0.2, 0) is 0 Å². The molecule has 0 radical (unpaired) electrons. The summed E-state index contributed by atoms with van der Waals surface area (Å²) in [7, 11) is 0. The zero-order chi connectivity index (χ0) is 9.42. The molecular formula is C10H9BrN2. The van der Waals surface area contributed by atoms with Gasteiger partial charge in [0.2, 0.25) is 0 Å². The first kappa shape index (κ1) is 8.51. The van der Waals surface area contributed by atoms with Crippen LogP contribution >= 0.6 is 15.9 Å². The number of aryl methyl sites for hydroxylation is 1. The predicted octanol–water partition coefficient (Wildman–Crippen LogP) is 2.89. The number of aromatic nitrogens is 1. The number of pyridine rings is 1. The van der Waals surface area contributed by atoms with Crippen LogP contribution in [0.1, 0.15) is 5.56 Å². The highest BCUT2D eigenvalue weighted by molar-refractivity contribution is 9.10. The normalized spacial score (nSPS) is 10.6. The first-order valence-electron chi connectivity index (χ1n) is 3.99. The van der Waals surface area contributed by atoms with E-state index in [1.54, 1.807) is 6.20 Å². The highest BCUT2D eigenvalue weighted by Gasteiger charge is 2.03. The average Bonchev–Trinajstić information content (AvgIpc) is 2.12. The fourth-order valence-electron chi connectivity index (χ4n) is 1.40. The summed E-state index contributed by atoms with van der Waals surface area (Å²) in [5, 5.41) is 2.17. The van der Waals surface area contributed by atoms with Crippen molar-refractivity contribution in [2.45, 2.75) is 6.92 Å². The number of nitrogens with two attached hydrogens (primary N) is 1. The summed E-state index contributed by atoms with van der Waals surface area (Å²) in [6.07, 6.45) is 1.73. The van der Waals surface area contributed by atoms with E-state index in [9.17, 15) is 0 Å². The second-order valence-corrected chi connectivity index (χ2v) is 3.82. The van der Waals surface area contributed by atoms with Crippen LogP contribution in [0.4, 0.5) is 5.82 Å². The van der Waals surface area contributed by atoms with Crippen molar-refractivity contribution in [1.29, 1.82) is 0 Å². The van der Waals surface area contributed by atoms with Crippen LogP contribution in [0, 0.1) is 6.92 Å². The number of halogens is 1. The molecule has 0 saturated carbocycles. The summed E-state index contributed by atoms with van der Waals surface area (Å²) in [6, 6.07) is 5.95. The fourth-order valence-corrected chi connectivity index (χ4v) is 1.75. The standard InChI is InChI=1S/C10H9BrN2/c1-6-7-4-5-13-10(12)8(7)2-3-9(6)11/h2-5H,1H3,(H2,12,13). The highest BCUT2D eigenvalue weighted by atomic mass is 79.9. The Morgan fingerprint density at radius 3 is 2.77 bits per heavy atom. The molecule has 13 heavy (non-hydrogen) atoms. The van der Waals surface area contributed by atoms with E-state index in [0.717, 1.165) is 15.2 Å². The minimum absolute atomic E-state index is 0.591. The van der Waals surface area contributed by atoms with Gasteiger partial charge in [0.1, 0.15) is 5.82 Å². The van der Waals surface area contributed by atoms with Gasteiger partial charge in [-0.1, -0.05) is 15.9 Å². The van der Waals surface area contributed by atoms with Crippen molar-refractivity contribution in [2.24, 2.45) is 0 Å². The second-order valence-electron chi connectivity index (χ2n) is 2.96. The van der Waals surface area contributed by atoms with Crippen LogP contribution in [0.15, 0.2) is 28.9 Å². The van der Waals surface area contributed by atoms with Crippen LogP contribution in [0.3, 0.4) is 0 Å². The van der Waals surface area contributed by atoms with Crippen molar-refractivity contribution in [3.63, 3.8) is 0 Å². The minimum atomic E-state index is 0.591. The molecule has 0 bridgehead atoms. The Bertz CT molecular complexity index is 466. The molecule has 1 aromatic heterocycles. The van der Waals surface area contributed by atoms with Gasteiger partial charge in [0.05, 0.1) is 0 Å². The lowest BCUT2D eigenvalue weighted by Gasteiger charge is -2.05. The number of hydrogen-bond acceptors (Lipinski definition) is 2. The highest BCUT2D eigenvalue weighted by Crippen LogP contribution is 2.27. The molecule has 0 saturated heterocycles. The quantitative estimate of drug-likeness (QED) is 0.765. The van der Waals surface area contributed by atoms with E-state index in [1.807, 2.05) is 18.2 Å². The lowest BCUT2D eigenvalue weighted by Crippen LogP contribution is -1.91. The van der Waals surface area contributed by atoms with Crippen LogP contribution in [0.25, 0.3) is 10.8 Å². The summed E-state index contributed by atoms with van der Waals surface area (Å²) in [5.41, 5.74) is 6.95. The van der Waals surface area contributed by atoms with Crippen LogP contribution in [0.5, 0.6) is 0 Å². The molecule has 1 heterocycles. The van der Waals surface area contributed by atoms with E-state index in [0.29, 0.717) is 5.82 Å². The average molecular weight is 237 g/mol. The fraction of sp³-hybridized carbons (Fsp3) is 0.100. The lowest BCUT2D eigenvalue weighted by atomic mass is 10.1. The van der Waals surface area contributed by atoms with Gasteiger partial charge in [-0.15, -0.1) is 0 Å². The molecular weight excluding hydrogens is 228 g/mol. The number of benzene rings is 1. The smallest absolute Gasteiger partial charge is 0.131 e. The number of nitrogen functional groups attached to an aromatic ring is 1. The molecule has 2 aromatic rings. The lowest BCUT2D eigenvalue weighted by molar-refractivity contribution is 1.36. The molecule has 66 valence electrons. The van der Waals surface area contributed by atoms with Crippen molar-refractivity contribution in [1.82, 2.24) is 4.98 Å². The zero-order valence-electron chi connectivity index (χ0n) is 7.21. The van der Waals surface area contributed by atoms with E-state index >= 15 is 0 Å². The van der Waals surface area contributed by atoms with Crippen LogP contribution < -0.4 is 5.73 Å². The summed E-state index contributed by atoms with van der Waals surface area (Å²) < 4.78 is 1.10. The Labute approximate surface area is 84.9 Å². The van der Waals surface area contributed by atoms with Gasteiger partial charge in [-0.3, -0.25) is 0 Å². The number of nitrogens with zero attached hydrogens (tertiary/aromatic N) is 1. The molecule has 2 nitrogen and oxygen atoms in total. The maximum absolute atomic E-state index is 5.75. The zero-order valence-corrected chi connectivity index (χ0v) is 8.80. The molecule has 2 N–H and O–H groups in total. The first-order valence-corrected chi connectivity index (χ1v) is 4.79. The molecule has 0 aliphatic heterocycles. The molecule has 0 atom stereocenters. The Hall–Kier alpha value is -1.09. The molecule has 3 heteroatoms. The van der Waals surface area contributed by atoms with Crippen molar-refractivity contribution in [2.75, 3.05) is 5.73 Å². The third kappa shape index (κ3) is 1.29. The number of fused-ring (bicyclic) bond motifs is 1. The predicted molar refractivity (Wildman–Crippen MR) is 58.6 cm³/mol. The van der Waals surface area contributed by atoms with Crippen molar-refractivity contribution >= 4 is 32.5 Å². The van der Waals surface area contributed by atoms with E-state index in [-0.39, 0.29) is 0 Å². The van der Waals surface area contributed by atoms with E-state index in [2.05, 4.69) is 27.8 Å². The maximum atomic E-state index is 5.75. The van der Waals surface area contributed by atoms with Crippen molar-refractivity contribution in [3.8, 4) is 0 Å². The van der Waals surface area contributed by atoms with Gasteiger partial charge in [-0.2, -0.15) is 0 Å². The number of hydrogen-bond donors (Lipinski definition) is 1. The van der Waals surface area contributed by atoms with Gasteiger partial charge in [-0.05, 0) is 36.1 Å². The maximum Gasteiger partial charge on any atom is 0.131 e. The van der Waals surface area contributed by atoms with E-state index in [1.165, 1.54) is 5.56 Å². The van der Waals surface area contributed by atoms with Crippen molar-refractivity contribution < 1.29 is 0 Å². The SMILES string of the molecule is Cc1c(Br)ccc2c(N)nccc12. The molecule has 0 aliphatic rings. The molecule has 1 aromatic carbocycles. The third-order valence-corrected chi connectivity index (χ3v) is 3.04. The van der Waals surface area contributed by atoms with Gasteiger partial charge in [0, 0.05) is 16.1 Å². The first-order chi connectivity index (χ1) is 6.20. The summed E-state index contributed by atoms with van der Waals surface area (Å²) in [5.74, 6) is 0.591. The minimum Gasteiger partial charge on any atom is -0.383 e. The van der Waals surface area contributed by atoms with Crippen LogP contribution in [-0.4, -0.2) is 4.98 Å². The van der Waals surface area contributed by atoms with Gasteiger partial charge >= 0.3 is 0 Å². The topological polar surface area (TPSA) is 38.9 Å². The molecule has 2 rings (SSSR count). The van der Waals surface area contributed by atoms with E-state index < -0.39 is 0 Å².